The van der Waals surface area contributed by atoms with Crippen molar-refractivity contribution in [3.63, 3.8) is 0 Å². The van der Waals surface area contributed by atoms with Gasteiger partial charge in [-0.1, -0.05) is 6.08 Å². The van der Waals surface area contributed by atoms with Gasteiger partial charge in [0.15, 0.2) is 0 Å². The normalized spacial score (nSPS) is 20.2. The Labute approximate surface area is 173 Å². The van der Waals surface area contributed by atoms with E-state index in [9.17, 15) is 19.3 Å². The van der Waals surface area contributed by atoms with Gasteiger partial charge >= 0.3 is 0 Å². The first kappa shape index (κ1) is 19.9. The van der Waals surface area contributed by atoms with Gasteiger partial charge in [0.1, 0.15) is 5.82 Å². The molecule has 0 aromatic heterocycles. The van der Waals surface area contributed by atoms with Crippen LogP contribution in [0.5, 0.6) is 0 Å². The fourth-order valence-electron chi connectivity index (χ4n) is 4.41. The zero-order valence-corrected chi connectivity index (χ0v) is 16.5. The van der Waals surface area contributed by atoms with E-state index in [4.69, 9.17) is 0 Å². The number of hydrogen-bond acceptors (Lipinski definition) is 5. The molecular formula is C22H23FN4O3. The zero-order chi connectivity index (χ0) is 21.3. The zero-order valence-electron chi connectivity index (χ0n) is 16.5. The van der Waals surface area contributed by atoms with E-state index in [1.165, 1.54) is 18.2 Å². The van der Waals surface area contributed by atoms with Gasteiger partial charge in [-0.25, -0.2) is 4.39 Å². The number of nitro groups is 1. The highest BCUT2D eigenvalue weighted by Crippen LogP contribution is 2.38. The lowest BCUT2D eigenvalue weighted by atomic mass is 9.83. The van der Waals surface area contributed by atoms with Crippen molar-refractivity contribution in [2.45, 2.75) is 12.5 Å². The summed E-state index contributed by atoms with van der Waals surface area (Å²) in [6.07, 6.45) is 2.06. The Hall–Kier alpha value is -3.42. The number of halogens is 1. The fourth-order valence-corrected chi connectivity index (χ4v) is 4.41. The minimum Gasteiger partial charge on any atom is -0.368 e. The van der Waals surface area contributed by atoms with Gasteiger partial charge in [0.2, 0.25) is 5.91 Å². The van der Waals surface area contributed by atoms with Crippen LogP contribution in [0.2, 0.25) is 0 Å². The number of amides is 1. The number of anilines is 2. The van der Waals surface area contributed by atoms with Crippen LogP contribution in [0.15, 0.2) is 55.1 Å². The van der Waals surface area contributed by atoms with E-state index in [0.717, 1.165) is 16.9 Å². The summed E-state index contributed by atoms with van der Waals surface area (Å²) in [6, 6.07) is 11.1. The summed E-state index contributed by atoms with van der Waals surface area (Å²) >= 11 is 0. The Kier molecular flexibility index (Phi) is 5.39. The molecule has 7 nitrogen and oxygen atoms in total. The van der Waals surface area contributed by atoms with Crippen LogP contribution in [0, 0.1) is 21.8 Å². The third-order valence-corrected chi connectivity index (χ3v) is 5.86. The number of carbonyl (C=O) groups is 1. The molecule has 2 heterocycles. The lowest BCUT2D eigenvalue weighted by Crippen LogP contribution is -2.61. The van der Waals surface area contributed by atoms with Gasteiger partial charge in [-0.2, -0.15) is 0 Å². The van der Waals surface area contributed by atoms with Crippen molar-refractivity contribution in [1.29, 1.82) is 0 Å². The maximum atomic E-state index is 13.3. The van der Waals surface area contributed by atoms with Crippen LogP contribution in [0.25, 0.3) is 0 Å². The van der Waals surface area contributed by atoms with E-state index in [-0.39, 0.29) is 29.4 Å². The van der Waals surface area contributed by atoms with Crippen molar-refractivity contribution in [2.75, 3.05) is 36.0 Å². The number of hydrogen-bond donors (Lipinski definition) is 1. The number of rotatable bonds is 5. The van der Waals surface area contributed by atoms with E-state index in [1.807, 2.05) is 0 Å². The molecule has 0 unspecified atom stereocenters. The van der Waals surface area contributed by atoms with Crippen LogP contribution >= 0.6 is 0 Å². The Balaban J connectivity index is 1.67. The van der Waals surface area contributed by atoms with Gasteiger partial charge in [0.25, 0.3) is 5.69 Å². The second-order valence-corrected chi connectivity index (χ2v) is 7.60. The molecule has 1 amide bonds. The first-order valence-electron chi connectivity index (χ1n) is 9.91. The summed E-state index contributed by atoms with van der Waals surface area (Å²) in [6.45, 7) is 5.99. The summed E-state index contributed by atoms with van der Waals surface area (Å²) < 4.78 is 13.3. The lowest BCUT2D eigenvalue weighted by Gasteiger charge is -2.49. The van der Waals surface area contributed by atoms with Crippen LogP contribution in [-0.4, -0.2) is 43.1 Å². The molecule has 2 aromatic rings. The number of nitrogens with zero attached hydrogens (tertiary/aromatic N) is 3. The highest BCUT2D eigenvalue weighted by Gasteiger charge is 2.42. The first-order valence-corrected chi connectivity index (χ1v) is 9.91. The molecule has 0 saturated carbocycles. The van der Waals surface area contributed by atoms with Gasteiger partial charge in [0, 0.05) is 49.7 Å². The molecule has 1 N–H and O–H groups in total. The van der Waals surface area contributed by atoms with Crippen molar-refractivity contribution in [1.82, 2.24) is 5.32 Å². The molecule has 4 rings (SSSR count). The number of nitrogens with one attached hydrogen (secondary N) is 1. The monoisotopic (exact) mass is 410 g/mol. The third-order valence-electron chi connectivity index (χ3n) is 5.86. The summed E-state index contributed by atoms with van der Waals surface area (Å²) in [5, 5.41) is 14.1. The van der Waals surface area contributed by atoms with Crippen LogP contribution in [0.1, 0.15) is 5.56 Å². The van der Waals surface area contributed by atoms with E-state index < -0.39 is 4.92 Å². The Morgan fingerprint density at radius 3 is 2.73 bits per heavy atom. The summed E-state index contributed by atoms with van der Waals surface area (Å²) in [4.78, 5) is 28.1. The van der Waals surface area contributed by atoms with Crippen LogP contribution < -0.4 is 15.1 Å². The van der Waals surface area contributed by atoms with Crippen molar-refractivity contribution in [3.05, 3.63) is 76.6 Å². The van der Waals surface area contributed by atoms with Gasteiger partial charge < -0.3 is 15.1 Å². The first-order chi connectivity index (χ1) is 14.5. The number of nitro benzene ring substituents is 1. The van der Waals surface area contributed by atoms with E-state index in [0.29, 0.717) is 32.6 Å². The third kappa shape index (κ3) is 3.72. The molecule has 30 heavy (non-hydrogen) atoms. The molecule has 0 aliphatic carbocycles. The summed E-state index contributed by atoms with van der Waals surface area (Å²) in [5.41, 5.74) is 2.70. The molecule has 2 atom stereocenters. The van der Waals surface area contributed by atoms with E-state index in [1.54, 1.807) is 30.3 Å². The molecule has 0 radical (unpaired) electrons. The van der Waals surface area contributed by atoms with E-state index >= 15 is 0 Å². The van der Waals surface area contributed by atoms with Gasteiger partial charge in [-0.05, 0) is 42.3 Å². The molecule has 2 aliphatic rings. The second kappa shape index (κ2) is 8.14. The van der Waals surface area contributed by atoms with Gasteiger partial charge in [-0.3, -0.25) is 14.9 Å². The number of piperazine rings is 1. The molecular weight excluding hydrogens is 387 g/mol. The standard InChI is InChI=1S/C22H23FN4O3/c1-2-9-24-22(28)19-13-15-12-18(27(29)30)7-8-20(15)26-11-10-25(14-21(19)26)17-5-3-16(23)4-6-17/h2-8,12,19,21H,1,9-11,13-14H2,(H,24,28)/t19-,21+/m0/s1. The number of fused-ring (bicyclic) bond motifs is 3. The molecule has 0 spiro atoms. The maximum absolute atomic E-state index is 13.3. The molecule has 8 heteroatoms. The smallest absolute Gasteiger partial charge is 0.269 e. The molecule has 2 aromatic carbocycles. The average molecular weight is 410 g/mol. The summed E-state index contributed by atoms with van der Waals surface area (Å²) in [5.74, 6) is -0.738. The van der Waals surface area contributed by atoms with Crippen molar-refractivity contribution in [3.8, 4) is 0 Å². The van der Waals surface area contributed by atoms with Crippen molar-refractivity contribution >= 4 is 23.0 Å². The quantitative estimate of drug-likeness (QED) is 0.466. The van der Waals surface area contributed by atoms with Gasteiger partial charge in [0.05, 0.1) is 16.9 Å². The molecule has 1 fully saturated rings. The summed E-state index contributed by atoms with van der Waals surface area (Å²) in [7, 11) is 0. The van der Waals surface area contributed by atoms with Crippen LogP contribution in [0.3, 0.4) is 0 Å². The number of non-ortho nitro benzene ring substituents is 1. The van der Waals surface area contributed by atoms with Crippen molar-refractivity contribution < 1.29 is 14.1 Å². The highest BCUT2D eigenvalue weighted by molar-refractivity contribution is 5.82. The minimum absolute atomic E-state index is 0.0300. The maximum Gasteiger partial charge on any atom is 0.269 e. The van der Waals surface area contributed by atoms with Crippen molar-refractivity contribution in [2.24, 2.45) is 5.92 Å². The molecule has 1 saturated heterocycles. The minimum atomic E-state index is -0.411. The Morgan fingerprint density at radius 2 is 2.03 bits per heavy atom. The fraction of sp³-hybridized carbons (Fsp3) is 0.318. The number of carbonyl (C=O) groups excluding carboxylic acids is 1. The average Bonchev–Trinajstić information content (AvgIpc) is 2.76. The number of benzene rings is 2. The highest BCUT2D eigenvalue weighted by atomic mass is 19.1. The van der Waals surface area contributed by atoms with Gasteiger partial charge in [-0.15, -0.1) is 6.58 Å². The Morgan fingerprint density at radius 1 is 1.27 bits per heavy atom. The largest absolute Gasteiger partial charge is 0.368 e. The van der Waals surface area contributed by atoms with Crippen LogP contribution in [0.4, 0.5) is 21.5 Å². The molecule has 156 valence electrons. The second-order valence-electron chi connectivity index (χ2n) is 7.60. The SMILES string of the molecule is C=CCNC(=O)[C@H]1Cc2cc([N+](=O)[O-])ccc2N2CCN(c3ccc(F)cc3)C[C@H]12. The Bertz CT molecular complexity index is 979. The predicted molar refractivity (Wildman–Crippen MR) is 113 cm³/mol. The van der Waals surface area contributed by atoms with Crippen LogP contribution in [-0.2, 0) is 11.2 Å². The predicted octanol–water partition coefficient (Wildman–Crippen LogP) is 2.90. The topological polar surface area (TPSA) is 78.7 Å². The molecule has 2 aliphatic heterocycles. The van der Waals surface area contributed by atoms with E-state index in [2.05, 4.69) is 21.7 Å². The lowest BCUT2D eigenvalue weighted by molar-refractivity contribution is -0.384. The molecule has 0 bridgehead atoms.